The van der Waals surface area contributed by atoms with Crippen molar-refractivity contribution in [1.82, 2.24) is 9.21 Å². The fourth-order valence-corrected chi connectivity index (χ4v) is 4.46. The molecule has 0 spiro atoms. The standard InChI is InChI=1S/C18H18F4N2O2S/c19-16-5-2-6-17(12-16)27(25,26)24-9-7-23(8-10-24)13-14-3-1-4-15(11-14)18(20,21)22/h1-6,11-12H,7-10,13H2. The van der Waals surface area contributed by atoms with Crippen molar-refractivity contribution in [2.24, 2.45) is 0 Å². The van der Waals surface area contributed by atoms with Gasteiger partial charge in [-0.1, -0.05) is 24.3 Å². The smallest absolute Gasteiger partial charge is 0.296 e. The summed E-state index contributed by atoms with van der Waals surface area (Å²) in [6.45, 7) is 1.45. The van der Waals surface area contributed by atoms with Crippen LogP contribution in [0, 0.1) is 5.82 Å². The van der Waals surface area contributed by atoms with E-state index in [0.717, 1.165) is 18.2 Å². The molecule has 0 atom stereocenters. The Bertz CT molecular complexity index is 908. The molecule has 1 aliphatic heterocycles. The second kappa shape index (κ2) is 7.57. The van der Waals surface area contributed by atoms with Gasteiger partial charge in [0.2, 0.25) is 10.0 Å². The van der Waals surface area contributed by atoms with Crippen molar-refractivity contribution < 1.29 is 26.0 Å². The minimum absolute atomic E-state index is 0.103. The molecular formula is C18H18F4N2O2S. The average molecular weight is 402 g/mol. The summed E-state index contributed by atoms with van der Waals surface area (Å²) in [5.41, 5.74) is -0.182. The van der Waals surface area contributed by atoms with Crippen LogP contribution < -0.4 is 0 Å². The van der Waals surface area contributed by atoms with Crippen LogP contribution >= 0.6 is 0 Å². The fraction of sp³-hybridized carbons (Fsp3) is 0.333. The zero-order valence-electron chi connectivity index (χ0n) is 14.3. The van der Waals surface area contributed by atoms with E-state index < -0.39 is 27.6 Å². The summed E-state index contributed by atoms with van der Waals surface area (Å²) in [7, 11) is -3.79. The first kappa shape index (κ1) is 19.8. The Morgan fingerprint density at radius 3 is 2.22 bits per heavy atom. The molecule has 2 aromatic rings. The van der Waals surface area contributed by atoms with Crippen molar-refractivity contribution >= 4 is 10.0 Å². The van der Waals surface area contributed by atoms with E-state index in [2.05, 4.69) is 0 Å². The first-order valence-corrected chi connectivity index (χ1v) is 9.74. The molecule has 0 unspecified atom stereocenters. The first-order chi connectivity index (χ1) is 12.7. The third kappa shape index (κ3) is 4.66. The Morgan fingerprint density at radius 1 is 0.926 bits per heavy atom. The molecule has 0 aromatic heterocycles. The van der Waals surface area contributed by atoms with Crippen LogP contribution in [0.3, 0.4) is 0 Å². The van der Waals surface area contributed by atoms with Gasteiger partial charge in [0.25, 0.3) is 0 Å². The monoisotopic (exact) mass is 402 g/mol. The van der Waals surface area contributed by atoms with E-state index in [0.29, 0.717) is 25.2 Å². The van der Waals surface area contributed by atoms with E-state index in [4.69, 9.17) is 0 Å². The topological polar surface area (TPSA) is 40.6 Å². The minimum atomic E-state index is -4.40. The molecule has 1 heterocycles. The van der Waals surface area contributed by atoms with E-state index in [1.165, 1.54) is 28.6 Å². The Kier molecular flexibility index (Phi) is 5.55. The van der Waals surface area contributed by atoms with Gasteiger partial charge in [0.05, 0.1) is 10.5 Å². The van der Waals surface area contributed by atoms with Gasteiger partial charge in [-0.15, -0.1) is 0 Å². The maximum absolute atomic E-state index is 13.3. The van der Waals surface area contributed by atoms with E-state index in [1.54, 1.807) is 6.07 Å². The number of halogens is 4. The lowest BCUT2D eigenvalue weighted by Gasteiger charge is -2.34. The number of piperazine rings is 1. The summed E-state index contributed by atoms with van der Waals surface area (Å²) in [5.74, 6) is -0.626. The number of alkyl halides is 3. The number of rotatable bonds is 4. The normalized spacial score (nSPS) is 17.2. The summed E-state index contributed by atoms with van der Waals surface area (Å²) in [6, 6.07) is 9.94. The molecule has 0 amide bonds. The number of nitrogens with zero attached hydrogens (tertiary/aromatic N) is 2. The highest BCUT2D eigenvalue weighted by Crippen LogP contribution is 2.30. The predicted octanol–water partition coefficient (Wildman–Crippen LogP) is 3.35. The average Bonchev–Trinajstić information content (AvgIpc) is 2.62. The molecule has 3 rings (SSSR count). The Balaban J connectivity index is 1.64. The van der Waals surface area contributed by atoms with Gasteiger partial charge >= 0.3 is 6.18 Å². The summed E-state index contributed by atoms with van der Waals surface area (Å²) >= 11 is 0. The molecular weight excluding hydrogens is 384 g/mol. The van der Waals surface area contributed by atoms with E-state index in [-0.39, 0.29) is 18.0 Å². The van der Waals surface area contributed by atoms with Gasteiger partial charge in [-0.2, -0.15) is 17.5 Å². The zero-order valence-corrected chi connectivity index (χ0v) is 15.1. The molecule has 0 radical (unpaired) electrons. The lowest BCUT2D eigenvalue weighted by atomic mass is 10.1. The van der Waals surface area contributed by atoms with Crippen LogP contribution in [0.4, 0.5) is 17.6 Å². The second-order valence-corrected chi connectivity index (χ2v) is 8.27. The van der Waals surface area contributed by atoms with Crippen LogP contribution in [0.25, 0.3) is 0 Å². The van der Waals surface area contributed by atoms with Crippen LogP contribution in [0.2, 0.25) is 0 Å². The van der Waals surface area contributed by atoms with Gasteiger partial charge in [0.1, 0.15) is 5.82 Å². The van der Waals surface area contributed by atoms with Crippen molar-refractivity contribution in [3.63, 3.8) is 0 Å². The Morgan fingerprint density at radius 2 is 1.59 bits per heavy atom. The highest BCUT2D eigenvalue weighted by atomic mass is 32.2. The van der Waals surface area contributed by atoms with Gasteiger partial charge in [-0.05, 0) is 29.8 Å². The van der Waals surface area contributed by atoms with Crippen molar-refractivity contribution in [1.29, 1.82) is 0 Å². The fourth-order valence-electron chi connectivity index (χ4n) is 3.01. The Hall–Kier alpha value is -1.97. The van der Waals surface area contributed by atoms with E-state index >= 15 is 0 Å². The van der Waals surface area contributed by atoms with Crippen LogP contribution in [0.15, 0.2) is 53.4 Å². The molecule has 146 valence electrons. The molecule has 1 saturated heterocycles. The first-order valence-electron chi connectivity index (χ1n) is 8.30. The zero-order chi connectivity index (χ0) is 19.7. The van der Waals surface area contributed by atoms with Gasteiger partial charge < -0.3 is 0 Å². The molecule has 1 aliphatic rings. The maximum Gasteiger partial charge on any atom is 0.416 e. The Labute approximate surface area is 155 Å². The second-order valence-electron chi connectivity index (χ2n) is 6.34. The summed E-state index contributed by atoms with van der Waals surface area (Å²) in [4.78, 5) is 1.79. The largest absolute Gasteiger partial charge is 0.416 e. The number of hydrogen-bond acceptors (Lipinski definition) is 3. The van der Waals surface area contributed by atoms with E-state index in [9.17, 15) is 26.0 Å². The van der Waals surface area contributed by atoms with Crippen molar-refractivity contribution in [3.8, 4) is 0 Å². The summed E-state index contributed by atoms with van der Waals surface area (Å²) < 4.78 is 78.1. The highest BCUT2D eigenvalue weighted by Gasteiger charge is 2.31. The molecule has 1 fully saturated rings. The van der Waals surface area contributed by atoms with Gasteiger partial charge in [0, 0.05) is 32.7 Å². The maximum atomic E-state index is 13.3. The summed E-state index contributed by atoms with van der Waals surface area (Å²) in [6.07, 6.45) is -4.40. The number of hydrogen-bond donors (Lipinski definition) is 0. The minimum Gasteiger partial charge on any atom is -0.296 e. The third-order valence-electron chi connectivity index (χ3n) is 4.43. The SMILES string of the molecule is O=S(=O)(c1cccc(F)c1)N1CCN(Cc2cccc(C(F)(F)F)c2)CC1. The molecule has 2 aromatic carbocycles. The van der Waals surface area contributed by atoms with Crippen molar-refractivity contribution in [2.45, 2.75) is 17.6 Å². The van der Waals surface area contributed by atoms with Crippen LogP contribution in [0.1, 0.15) is 11.1 Å². The molecule has 27 heavy (non-hydrogen) atoms. The van der Waals surface area contributed by atoms with E-state index in [1.807, 2.05) is 4.90 Å². The quantitative estimate of drug-likeness (QED) is 0.737. The van der Waals surface area contributed by atoms with Crippen LogP contribution in [-0.4, -0.2) is 43.8 Å². The number of benzene rings is 2. The highest BCUT2D eigenvalue weighted by molar-refractivity contribution is 7.89. The molecule has 9 heteroatoms. The molecule has 0 saturated carbocycles. The van der Waals surface area contributed by atoms with Crippen molar-refractivity contribution in [2.75, 3.05) is 26.2 Å². The predicted molar refractivity (Wildman–Crippen MR) is 91.9 cm³/mol. The third-order valence-corrected chi connectivity index (χ3v) is 6.32. The van der Waals surface area contributed by atoms with Crippen LogP contribution in [-0.2, 0) is 22.7 Å². The molecule has 0 bridgehead atoms. The lowest BCUT2D eigenvalue weighted by molar-refractivity contribution is -0.137. The molecule has 0 N–H and O–H groups in total. The lowest BCUT2D eigenvalue weighted by Crippen LogP contribution is -2.48. The van der Waals surface area contributed by atoms with Crippen LogP contribution in [0.5, 0.6) is 0 Å². The molecule has 4 nitrogen and oxygen atoms in total. The summed E-state index contributed by atoms with van der Waals surface area (Å²) in [5, 5.41) is 0. The van der Waals surface area contributed by atoms with Gasteiger partial charge in [-0.25, -0.2) is 12.8 Å². The van der Waals surface area contributed by atoms with Gasteiger partial charge in [-0.3, -0.25) is 4.90 Å². The van der Waals surface area contributed by atoms with Crippen molar-refractivity contribution in [3.05, 3.63) is 65.5 Å². The number of sulfonamides is 1. The molecule has 0 aliphatic carbocycles. The van der Waals surface area contributed by atoms with Gasteiger partial charge in [0.15, 0.2) is 0 Å².